The van der Waals surface area contributed by atoms with Gasteiger partial charge in [0.2, 0.25) is 0 Å². The van der Waals surface area contributed by atoms with Gasteiger partial charge >= 0.3 is 0 Å². The molecule has 0 saturated heterocycles. The maximum absolute atomic E-state index is 9.37. The minimum absolute atomic E-state index is 0.0454. The van der Waals surface area contributed by atoms with Crippen LogP contribution in [0.25, 0.3) is 10.8 Å². The van der Waals surface area contributed by atoms with Gasteiger partial charge in [-0.15, -0.1) is 0 Å². The highest BCUT2D eigenvalue weighted by Gasteiger charge is 1.98. The molecular formula is C10H7O2. The first-order valence-electron chi connectivity index (χ1n) is 3.60. The van der Waals surface area contributed by atoms with E-state index in [0.29, 0.717) is 5.39 Å². The summed E-state index contributed by atoms with van der Waals surface area (Å²) < 4.78 is 0. The Hall–Kier alpha value is -1.70. The van der Waals surface area contributed by atoms with E-state index >= 15 is 0 Å². The van der Waals surface area contributed by atoms with Crippen molar-refractivity contribution in [2.24, 2.45) is 0 Å². The summed E-state index contributed by atoms with van der Waals surface area (Å²) in [6.07, 6.45) is 0. The smallest absolute Gasteiger partial charge is 0.124 e. The molecule has 0 spiro atoms. The number of benzene rings is 2. The molecule has 0 aliphatic heterocycles. The lowest BCUT2D eigenvalue weighted by Gasteiger charge is -1.99. The Morgan fingerprint density at radius 2 is 2.00 bits per heavy atom. The van der Waals surface area contributed by atoms with Crippen molar-refractivity contribution in [3.05, 3.63) is 36.4 Å². The van der Waals surface area contributed by atoms with E-state index < -0.39 is 0 Å². The van der Waals surface area contributed by atoms with Crippen LogP contribution >= 0.6 is 0 Å². The molecule has 0 heterocycles. The molecule has 12 heavy (non-hydrogen) atoms. The molecule has 2 N–H and O–H groups in total. The second-order valence-electron chi connectivity index (χ2n) is 2.60. The monoisotopic (exact) mass is 159 g/mol. The third kappa shape index (κ3) is 0.975. The quantitative estimate of drug-likeness (QED) is 0.617. The van der Waals surface area contributed by atoms with E-state index in [9.17, 15) is 5.11 Å². The SMILES string of the molecule is Oc1[c]cc2cccc(O)c2c1. The topological polar surface area (TPSA) is 40.5 Å². The molecule has 0 aliphatic rings. The zero-order valence-electron chi connectivity index (χ0n) is 6.28. The van der Waals surface area contributed by atoms with Crippen molar-refractivity contribution in [2.45, 2.75) is 0 Å². The van der Waals surface area contributed by atoms with Crippen molar-refractivity contribution in [3.63, 3.8) is 0 Å². The third-order valence-corrected chi connectivity index (χ3v) is 1.77. The first-order valence-corrected chi connectivity index (χ1v) is 3.60. The second-order valence-corrected chi connectivity index (χ2v) is 2.60. The molecule has 0 unspecified atom stereocenters. The molecule has 0 atom stereocenters. The molecule has 1 radical (unpaired) electrons. The number of fused-ring (bicyclic) bond motifs is 1. The molecule has 0 aromatic heterocycles. The second kappa shape index (κ2) is 2.41. The van der Waals surface area contributed by atoms with Crippen molar-refractivity contribution in [1.82, 2.24) is 0 Å². The fourth-order valence-electron chi connectivity index (χ4n) is 1.18. The van der Waals surface area contributed by atoms with Crippen molar-refractivity contribution < 1.29 is 10.2 Å². The number of aromatic hydroxyl groups is 2. The van der Waals surface area contributed by atoms with Gasteiger partial charge in [-0.1, -0.05) is 12.1 Å². The lowest BCUT2D eigenvalue weighted by Crippen LogP contribution is -1.73. The molecular weight excluding hydrogens is 152 g/mol. The number of rotatable bonds is 0. The number of hydrogen-bond acceptors (Lipinski definition) is 2. The van der Waals surface area contributed by atoms with Crippen molar-refractivity contribution in [2.75, 3.05) is 0 Å². The Kier molecular flexibility index (Phi) is 1.40. The van der Waals surface area contributed by atoms with Crippen LogP contribution in [0.3, 0.4) is 0 Å². The van der Waals surface area contributed by atoms with Crippen LogP contribution in [0.15, 0.2) is 30.3 Å². The van der Waals surface area contributed by atoms with Crippen LogP contribution in [-0.4, -0.2) is 10.2 Å². The Morgan fingerprint density at radius 3 is 2.83 bits per heavy atom. The average Bonchev–Trinajstić information content (AvgIpc) is 2.07. The van der Waals surface area contributed by atoms with E-state index in [1.807, 2.05) is 6.07 Å². The van der Waals surface area contributed by atoms with Crippen LogP contribution in [-0.2, 0) is 0 Å². The van der Waals surface area contributed by atoms with E-state index in [1.165, 1.54) is 6.07 Å². The minimum Gasteiger partial charge on any atom is -0.507 e. The number of phenolic OH excluding ortho intramolecular Hbond substituents is 2. The van der Waals surface area contributed by atoms with E-state index in [2.05, 4.69) is 6.07 Å². The maximum Gasteiger partial charge on any atom is 0.124 e. The molecule has 2 heteroatoms. The number of hydrogen-bond donors (Lipinski definition) is 2. The fraction of sp³-hybridized carbons (Fsp3) is 0. The van der Waals surface area contributed by atoms with Gasteiger partial charge in [-0.25, -0.2) is 0 Å². The van der Waals surface area contributed by atoms with Crippen LogP contribution in [0.1, 0.15) is 0 Å². The molecule has 0 aliphatic carbocycles. The zero-order chi connectivity index (χ0) is 8.55. The van der Waals surface area contributed by atoms with Gasteiger partial charge in [0.15, 0.2) is 0 Å². The number of phenols is 2. The van der Waals surface area contributed by atoms with Gasteiger partial charge in [0, 0.05) is 11.5 Å². The molecule has 0 fully saturated rings. The molecule has 0 saturated carbocycles. The Morgan fingerprint density at radius 1 is 1.17 bits per heavy atom. The van der Waals surface area contributed by atoms with Crippen molar-refractivity contribution >= 4 is 10.8 Å². The van der Waals surface area contributed by atoms with Crippen molar-refractivity contribution in [1.29, 1.82) is 0 Å². The van der Waals surface area contributed by atoms with E-state index in [4.69, 9.17) is 5.11 Å². The van der Waals surface area contributed by atoms with Gasteiger partial charge in [0.1, 0.15) is 11.5 Å². The molecule has 2 aromatic carbocycles. The van der Waals surface area contributed by atoms with Crippen molar-refractivity contribution in [3.8, 4) is 11.5 Å². The highest BCUT2D eigenvalue weighted by molar-refractivity contribution is 5.88. The van der Waals surface area contributed by atoms with Crippen LogP contribution in [0.4, 0.5) is 0 Å². The standard InChI is InChI=1S/C10H7O2/c11-8-5-4-7-2-1-3-10(12)9(7)6-8/h1-4,6,11-12H. The average molecular weight is 159 g/mol. The zero-order valence-corrected chi connectivity index (χ0v) is 6.28. The first kappa shape index (κ1) is 6.98. The van der Waals surface area contributed by atoms with Gasteiger partial charge in [-0.05, 0) is 23.6 Å². The summed E-state index contributed by atoms with van der Waals surface area (Å²) in [6.45, 7) is 0. The summed E-state index contributed by atoms with van der Waals surface area (Å²) in [6, 6.07) is 11.0. The van der Waals surface area contributed by atoms with Gasteiger partial charge < -0.3 is 10.2 Å². The molecule has 0 amide bonds. The van der Waals surface area contributed by atoms with Gasteiger partial charge in [-0.3, -0.25) is 0 Å². The maximum atomic E-state index is 9.37. The van der Waals surface area contributed by atoms with E-state index in [1.54, 1.807) is 18.2 Å². The molecule has 2 rings (SSSR count). The van der Waals surface area contributed by atoms with Crippen LogP contribution in [0, 0.1) is 6.07 Å². The molecule has 2 nitrogen and oxygen atoms in total. The Balaban J connectivity index is 2.88. The van der Waals surface area contributed by atoms with Crippen LogP contribution in [0.5, 0.6) is 11.5 Å². The van der Waals surface area contributed by atoms with Gasteiger partial charge in [0.25, 0.3) is 0 Å². The third-order valence-electron chi connectivity index (χ3n) is 1.77. The summed E-state index contributed by atoms with van der Waals surface area (Å²) in [5.41, 5.74) is 0. The molecule has 2 aromatic rings. The predicted octanol–water partition coefficient (Wildman–Crippen LogP) is 2.05. The molecule has 59 valence electrons. The fourth-order valence-corrected chi connectivity index (χ4v) is 1.18. The van der Waals surface area contributed by atoms with Gasteiger partial charge in [-0.2, -0.15) is 0 Å². The minimum atomic E-state index is 0.0454. The molecule has 0 bridgehead atoms. The summed E-state index contributed by atoms with van der Waals surface area (Å²) in [5.74, 6) is 0.223. The van der Waals surface area contributed by atoms with E-state index in [0.717, 1.165) is 5.39 Å². The summed E-state index contributed by atoms with van der Waals surface area (Å²) in [5, 5.41) is 20.0. The summed E-state index contributed by atoms with van der Waals surface area (Å²) >= 11 is 0. The van der Waals surface area contributed by atoms with Crippen LogP contribution < -0.4 is 0 Å². The summed E-state index contributed by atoms with van der Waals surface area (Å²) in [4.78, 5) is 0. The van der Waals surface area contributed by atoms with Gasteiger partial charge in [0.05, 0.1) is 0 Å². The Bertz CT molecular complexity index is 421. The lowest BCUT2D eigenvalue weighted by atomic mass is 10.1. The highest BCUT2D eigenvalue weighted by atomic mass is 16.3. The normalized spacial score (nSPS) is 10.3. The lowest BCUT2D eigenvalue weighted by molar-refractivity contribution is 0.471. The first-order chi connectivity index (χ1) is 5.77. The largest absolute Gasteiger partial charge is 0.507 e. The van der Waals surface area contributed by atoms with E-state index in [-0.39, 0.29) is 11.5 Å². The van der Waals surface area contributed by atoms with Crippen LogP contribution in [0.2, 0.25) is 0 Å². The highest BCUT2D eigenvalue weighted by Crippen LogP contribution is 2.26. The summed E-state index contributed by atoms with van der Waals surface area (Å²) in [7, 11) is 0. The predicted molar refractivity (Wildman–Crippen MR) is 46.1 cm³/mol. The Labute approximate surface area is 69.7 Å².